The maximum Gasteiger partial charge on any atom is 0.410 e. The van der Waals surface area contributed by atoms with Crippen LogP contribution in [0.5, 0.6) is 0 Å². The number of rotatable bonds is 2. The molecule has 5 heteroatoms. The summed E-state index contributed by atoms with van der Waals surface area (Å²) >= 11 is 0. The van der Waals surface area contributed by atoms with E-state index in [-0.39, 0.29) is 17.8 Å². The van der Waals surface area contributed by atoms with Gasteiger partial charge in [-0.25, -0.2) is 4.79 Å². The van der Waals surface area contributed by atoms with Crippen LogP contribution in [0.15, 0.2) is 0 Å². The fourth-order valence-corrected chi connectivity index (χ4v) is 2.81. The summed E-state index contributed by atoms with van der Waals surface area (Å²) in [7, 11) is 0. The normalized spacial score (nSPS) is 38.6. The third-order valence-corrected chi connectivity index (χ3v) is 3.69. The van der Waals surface area contributed by atoms with Crippen molar-refractivity contribution in [3.05, 3.63) is 0 Å². The fourth-order valence-electron chi connectivity index (χ4n) is 2.81. The van der Waals surface area contributed by atoms with Gasteiger partial charge in [-0.1, -0.05) is 0 Å². The van der Waals surface area contributed by atoms with Gasteiger partial charge in [0.15, 0.2) is 0 Å². The summed E-state index contributed by atoms with van der Waals surface area (Å²) in [5.41, 5.74) is -0.254. The molecule has 5 nitrogen and oxygen atoms in total. The van der Waals surface area contributed by atoms with E-state index in [0.29, 0.717) is 6.54 Å². The molecule has 0 aromatic carbocycles. The Bertz CT molecular complexity index is 283. The number of carbonyl (C=O) groups excluding carboxylic acids is 1. The van der Waals surface area contributed by atoms with Gasteiger partial charge in [-0.2, -0.15) is 0 Å². The minimum absolute atomic E-state index is 0.167. The number of ether oxygens (including phenoxy) is 2. The van der Waals surface area contributed by atoms with Gasteiger partial charge < -0.3 is 19.7 Å². The average molecular weight is 226 g/mol. The highest BCUT2D eigenvalue weighted by Gasteiger charge is 2.47. The van der Waals surface area contributed by atoms with Gasteiger partial charge in [0, 0.05) is 19.6 Å². The Balaban J connectivity index is 1.61. The molecule has 0 saturated carbocycles. The van der Waals surface area contributed by atoms with Gasteiger partial charge in [-0.15, -0.1) is 0 Å². The van der Waals surface area contributed by atoms with Crippen molar-refractivity contribution < 1.29 is 14.3 Å². The Labute approximate surface area is 95.1 Å². The molecule has 0 radical (unpaired) electrons. The molecular weight excluding hydrogens is 208 g/mol. The monoisotopic (exact) mass is 226 g/mol. The van der Waals surface area contributed by atoms with Gasteiger partial charge in [-0.05, 0) is 19.4 Å². The molecule has 90 valence electrons. The second-order valence-corrected chi connectivity index (χ2v) is 4.99. The summed E-state index contributed by atoms with van der Waals surface area (Å²) in [4.78, 5) is 13.6. The molecule has 2 unspecified atom stereocenters. The van der Waals surface area contributed by atoms with Crippen LogP contribution in [0.4, 0.5) is 4.79 Å². The van der Waals surface area contributed by atoms with Crippen molar-refractivity contribution >= 4 is 6.09 Å². The predicted molar refractivity (Wildman–Crippen MR) is 57.2 cm³/mol. The molecule has 3 heterocycles. The minimum Gasteiger partial charge on any atom is -0.439 e. The summed E-state index contributed by atoms with van der Waals surface area (Å²) in [5.74, 6) is 0. The second-order valence-electron chi connectivity index (χ2n) is 4.99. The van der Waals surface area contributed by atoms with Crippen molar-refractivity contribution in [1.29, 1.82) is 0 Å². The molecule has 3 fully saturated rings. The fraction of sp³-hybridized carbons (Fsp3) is 0.909. The Morgan fingerprint density at radius 3 is 3.19 bits per heavy atom. The highest BCUT2D eigenvalue weighted by atomic mass is 16.6. The molecule has 0 aliphatic carbocycles. The van der Waals surface area contributed by atoms with E-state index in [1.54, 1.807) is 0 Å². The van der Waals surface area contributed by atoms with Crippen molar-refractivity contribution in [1.82, 2.24) is 10.2 Å². The quantitative estimate of drug-likeness (QED) is 0.738. The van der Waals surface area contributed by atoms with Crippen LogP contribution in [0, 0.1) is 0 Å². The molecule has 1 N–H and O–H groups in total. The summed E-state index contributed by atoms with van der Waals surface area (Å²) in [5, 5.41) is 3.25. The molecule has 0 aromatic heterocycles. The molecule has 0 bridgehead atoms. The summed E-state index contributed by atoms with van der Waals surface area (Å²) in [6, 6.07) is 0. The van der Waals surface area contributed by atoms with Crippen LogP contribution in [0.25, 0.3) is 0 Å². The summed E-state index contributed by atoms with van der Waals surface area (Å²) in [6.07, 6.45) is 3.16. The Hall–Kier alpha value is -0.810. The molecular formula is C11H18N2O3. The van der Waals surface area contributed by atoms with Crippen LogP contribution in [0.3, 0.4) is 0 Å². The lowest BCUT2D eigenvalue weighted by Gasteiger charge is -2.20. The van der Waals surface area contributed by atoms with Crippen molar-refractivity contribution in [3.63, 3.8) is 0 Å². The molecule has 3 aliphatic heterocycles. The third kappa shape index (κ3) is 1.78. The minimum atomic E-state index is -0.254. The van der Waals surface area contributed by atoms with Gasteiger partial charge in [0.25, 0.3) is 0 Å². The van der Waals surface area contributed by atoms with Crippen LogP contribution in [0.2, 0.25) is 0 Å². The zero-order valence-electron chi connectivity index (χ0n) is 9.41. The molecule has 3 rings (SSSR count). The van der Waals surface area contributed by atoms with Crippen LogP contribution < -0.4 is 5.32 Å². The van der Waals surface area contributed by atoms with E-state index in [4.69, 9.17) is 9.47 Å². The Morgan fingerprint density at radius 1 is 1.56 bits per heavy atom. The highest BCUT2D eigenvalue weighted by Crippen LogP contribution is 2.29. The van der Waals surface area contributed by atoms with Gasteiger partial charge in [0.1, 0.15) is 5.60 Å². The lowest BCUT2D eigenvalue weighted by Crippen LogP contribution is -2.38. The Morgan fingerprint density at radius 2 is 2.50 bits per heavy atom. The van der Waals surface area contributed by atoms with Gasteiger partial charge in [0.05, 0.1) is 19.2 Å². The maximum absolute atomic E-state index is 11.7. The van der Waals surface area contributed by atoms with Crippen molar-refractivity contribution in [2.24, 2.45) is 0 Å². The highest BCUT2D eigenvalue weighted by molar-refractivity contribution is 5.71. The van der Waals surface area contributed by atoms with E-state index < -0.39 is 0 Å². The zero-order chi connectivity index (χ0) is 11.0. The van der Waals surface area contributed by atoms with Crippen LogP contribution >= 0.6 is 0 Å². The maximum atomic E-state index is 11.7. The summed E-state index contributed by atoms with van der Waals surface area (Å²) < 4.78 is 11.1. The van der Waals surface area contributed by atoms with Gasteiger partial charge in [0.2, 0.25) is 0 Å². The standard InChI is InChI=1S/C11H18N2O3/c14-10-13(6-9-2-1-5-15-9)8-11(16-10)3-4-12-7-11/h9,12H,1-8H2. The lowest BCUT2D eigenvalue weighted by atomic mass is 10.0. The molecule has 1 amide bonds. The molecule has 2 atom stereocenters. The number of carbonyl (C=O) groups is 1. The van der Waals surface area contributed by atoms with Gasteiger partial charge in [-0.3, -0.25) is 0 Å². The first-order valence-electron chi connectivity index (χ1n) is 6.08. The molecule has 16 heavy (non-hydrogen) atoms. The van der Waals surface area contributed by atoms with Crippen LogP contribution in [-0.4, -0.2) is 55.5 Å². The van der Waals surface area contributed by atoms with E-state index in [0.717, 1.165) is 45.5 Å². The SMILES string of the molecule is O=C1OC2(CCNC2)CN1CC1CCCO1. The first-order chi connectivity index (χ1) is 7.77. The zero-order valence-corrected chi connectivity index (χ0v) is 9.41. The van der Waals surface area contributed by atoms with Crippen LogP contribution in [-0.2, 0) is 9.47 Å². The largest absolute Gasteiger partial charge is 0.439 e. The molecule has 1 spiro atoms. The van der Waals surface area contributed by atoms with Crippen molar-refractivity contribution in [2.75, 3.05) is 32.8 Å². The van der Waals surface area contributed by atoms with E-state index in [2.05, 4.69) is 5.32 Å². The predicted octanol–water partition coefficient (Wildman–Crippen LogP) is 0.350. The molecule has 3 aliphatic rings. The lowest BCUT2D eigenvalue weighted by molar-refractivity contribution is 0.0708. The topological polar surface area (TPSA) is 50.8 Å². The second kappa shape index (κ2) is 3.89. The van der Waals surface area contributed by atoms with E-state index >= 15 is 0 Å². The number of nitrogens with zero attached hydrogens (tertiary/aromatic N) is 1. The number of amides is 1. The number of hydrogen-bond acceptors (Lipinski definition) is 4. The number of hydrogen-bond donors (Lipinski definition) is 1. The van der Waals surface area contributed by atoms with E-state index in [1.807, 2.05) is 4.90 Å². The Kier molecular flexibility index (Phi) is 2.52. The van der Waals surface area contributed by atoms with Crippen molar-refractivity contribution in [3.8, 4) is 0 Å². The third-order valence-electron chi connectivity index (χ3n) is 3.69. The first kappa shape index (κ1) is 10.4. The van der Waals surface area contributed by atoms with E-state index in [9.17, 15) is 4.79 Å². The van der Waals surface area contributed by atoms with E-state index in [1.165, 1.54) is 0 Å². The number of nitrogens with one attached hydrogen (secondary N) is 1. The first-order valence-corrected chi connectivity index (χ1v) is 6.08. The van der Waals surface area contributed by atoms with Gasteiger partial charge >= 0.3 is 6.09 Å². The average Bonchev–Trinajstić information content (AvgIpc) is 2.93. The molecule has 0 aromatic rings. The van der Waals surface area contributed by atoms with Crippen LogP contribution in [0.1, 0.15) is 19.3 Å². The smallest absolute Gasteiger partial charge is 0.410 e. The summed E-state index contributed by atoms with van der Waals surface area (Å²) in [6.45, 7) is 3.99. The van der Waals surface area contributed by atoms with Crippen molar-refractivity contribution in [2.45, 2.75) is 31.0 Å². The molecule has 3 saturated heterocycles.